The standard InChI is InChI=1S/C19H25N3O6S/c1-2-20-19(25)21-17(23)14-28-18(24)16-8-11-22(12-9-16)29(26,27)13-10-15-6-4-3-5-7-15/h3-7,10,13,16H,2,8-9,11-12,14H2,1H3,(H2,20,21,23,25)/b13-10+. The number of sulfonamides is 1. The first kappa shape index (κ1) is 22.6. The second-order valence-corrected chi connectivity index (χ2v) is 8.27. The van der Waals surface area contributed by atoms with Crippen molar-refractivity contribution in [2.45, 2.75) is 19.8 Å². The second-order valence-electron chi connectivity index (χ2n) is 6.45. The molecule has 0 aliphatic carbocycles. The summed E-state index contributed by atoms with van der Waals surface area (Å²) in [5, 5.41) is 5.58. The molecule has 29 heavy (non-hydrogen) atoms. The number of ether oxygens (including phenoxy) is 1. The van der Waals surface area contributed by atoms with E-state index in [-0.39, 0.29) is 13.1 Å². The number of hydrogen-bond acceptors (Lipinski definition) is 6. The lowest BCUT2D eigenvalue weighted by atomic mass is 9.98. The minimum absolute atomic E-state index is 0.187. The fourth-order valence-electron chi connectivity index (χ4n) is 2.78. The molecule has 158 valence electrons. The van der Waals surface area contributed by atoms with Gasteiger partial charge in [0, 0.05) is 25.0 Å². The van der Waals surface area contributed by atoms with Crippen molar-refractivity contribution in [1.29, 1.82) is 0 Å². The SMILES string of the molecule is CCNC(=O)NC(=O)COC(=O)C1CCN(S(=O)(=O)/C=C/c2ccccc2)CC1. The maximum atomic E-state index is 12.4. The topological polar surface area (TPSA) is 122 Å². The van der Waals surface area contributed by atoms with Gasteiger partial charge in [-0.1, -0.05) is 30.3 Å². The molecule has 9 nitrogen and oxygen atoms in total. The number of benzene rings is 1. The van der Waals surface area contributed by atoms with Gasteiger partial charge in [-0.05, 0) is 31.4 Å². The summed E-state index contributed by atoms with van der Waals surface area (Å²) in [6.07, 6.45) is 2.13. The molecule has 1 saturated heterocycles. The van der Waals surface area contributed by atoms with Crippen LogP contribution in [0, 0.1) is 5.92 Å². The Hall–Kier alpha value is -2.72. The van der Waals surface area contributed by atoms with Crippen molar-refractivity contribution in [3.63, 3.8) is 0 Å². The highest BCUT2D eigenvalue weighted by Crippen LogP contribution is 2.22. The van der Waals surface area contributed by atoms with Crippen molar-refractivity contribution in [3.8, 4) is 0 Å². The number of nitrogens with zero attached hydrogens (tertiary/aromatic N) is 1. The van der Waals surface area contributed by atoms with E-state index in [2.05, 4.69) is 5.32 Å². The number of carbonyl (C=O) groups is 3. The molecule has 0 radical (unpaired) electrons. The maximum absolute atomic E-state index is 12.4. The van der Waals surface area contributed by atoms with Crippen LogP contribution in [0.4, 0.5) is 4.79 Å². The number of amides is 3. The minimum Gasteiger partial charge on any atom is -0.455 e. The molecular formula is C19H25N3O6S. The van der Waals surface area contributed by atoms with Gasteiger partial charge in [0.15, 0.2) is 6.61 Å². The van der Waals surface area contributed by atoms with Crippen LogP contribution in [0.1, 0.15) is 25.3 Å². The van der Waals surface area contributed by atoms with E-state index >= 15 is 0 Å². The molecule has 10 heteroatoms. The molecule has 0 spiro atoms. The highest BCUT2D eigenvalue weighted by Gasteiger charge is 2.31. The lowest BCUT2D eigenvalue weighted by Crippen LogP contribution is -2.42. The first-order valence-corrected chi connectivity index (χ1v) is 10.8. The Morgan fingerprint density at radius 2 is 1.83 bits per heavy atom. The molecule has 0 unspecified atom stereocenters. The van der Waals surface area contributed by atoms with Gasteiger partial charge in [0.25, 0.3) is 5.91 Å². The van der Waals surface area contributed by atoms with E-state index < -0.39 is 40.5 Å². The van der Waals surface area contributed by atoms with Crippen molar-refractivity contribution in [3.05, 3.63) is 41.3 Å². The fourth-order valence-corrected chi connectivity index (χ4v) is 4.00. The molecule has 2 N–H and O–H groups in total. The second kappa shape index (κ2) is 10.7. The van der Waals surface area contributed by atoms with Gasteiger partial charge in [-0.15, -0.1) is 0 Å². The van der Waals surface area contributed by atoms with Gasteiger partial charge < -0.3 is 10.1 Å². The Labute approximate surface area is 170 Å². The fraction of sp³-hybridized carbons (Fsp3) is 0.421. The maximum Gasteiger partial charge on any atom is 0.321 e. The monoisotopic (exact) mass is 423 g/mol. The molecule has 1 fully saturated rings. The molecule has 3 amide bonds. The van der Waals surface area contributed by atoms with Crippen LogP contribution in [-0.2, 0) is 24.3 Å². The summed E-state index contributed by atoms with van der Waals surface area (Å²) < 4.78 is 31.1. The van der Waals surface area contributed by atoms with Crippen molar-refractivity contribution in [1.82, 2.24) is 14.9 Å². The molecule has 0 atom stereocenters. The number of imide groups is 1. The van der Waals surface area contributed by atoms with Crippen LogP contribution in [0.5, 0.6) is 0 Å². The molecular weight excluding hydrogens is 398 g/mol. The molecule has 0 aromatic heterocycles. The van der Waals surface area contributed by atoms with E-state index in [0.29, 0.717) is 19.4 Å². The predicted octanol–water partition coefficient (Wildman–Crippen LogP) is 1.09. The van der Waals surface area contributed by atoms with Crippen LogP contribution in [0.15, 0.2) is 35.7 Å². The van der Waals surface area contributed by atoms with Crippen LogP contribution >= 0.6 is 0 Å². The number of esters is 1. The Morgan fingerprint density at radius 3 is 2.45 bits per heavy atom. The van der Waals surface area contributed by atoms with Crippen molar-refractivity contribution in [2.75, 3.05) is 26.2 Å². The van der Waals surface area contributed by atoms with E-state index in [1.807, 2.05) is 23.5 Å². The normalized spacial score (nSPS) is 15.8. The van der Waals surface area contributed by atoms with Gasteiger partial charge >= 0.3 is 12.0 Å². The third kappa shape index (κ3) is 7.31. The summed E-state index contributed by atoms with van der Waals surface area (Å²) >= 11 is 0. The largest absolute Gasteiger partial charge is 0.455 e. The molecule has 2 rings (SSSR count). The molecule has 1 aromatic carbocycles. The van der Waals surface area contributed by atoms with Crippen LogP contribution in [0.3, 0.4) is 0 Å². The van der Waals surface area contributed by atoms with Crippen molar-refractivity contribution in [2.24, 2.45) is 5.92 Å². The van der Waals surface area contributed by atoms with Gasteiger partial charge in [0.05, 0.1) is 5.92 Å². The number of piperidine rings is 1. The summed E-state index contributed by atoms with van der Waals surface area (Å²) in [5.74, 6) is -1.79. The zero-order chi connectivity index (χ0) is 21.3. The van der Waals surface area contributed by atoms with E-state index in [9.17, 15) is 22.8 Å². The van der Waals surface area contributed by atoms with Gasteiger partial charge in [-0.25, -0.2) is 13.2 Å². The Balaban J connectivity index is 1.79. The highest BCUT2D eigenvalue weighted by atomic mass is 32.2. The smallest absolute Gasteiger partial charge is 0.321 e. The number of urea groups is 1. The average molecular weight is 423 g/mol. The highest BCUT2D eigenvalue weighted by molar-refractivity contribution is 7.92. The Kier molecular flexibility index (Phi) is 8.34. The Morgan fingerprint density at radius 1 is 1.17 bits per heavy atom. The van der Waals surface area contributed by atoms with Crippen LogP contribution in [-0.4, -0.2) is 56.9 Å². The zero-order valence-corrected chi connectivity index (χ0v) is 17.0. The first-order valence-electron chi connectivity index (χ1n) is 9.29. The van der Waals surface area contributed by atoms with Gasteiger partial charge in [0.2, 0.25) is 10.0 Å². The summed E-state index contributed by atoms with van der Waals surface area (Å²) in [5.41, 5.74) is 0.778. The van der Waals surface area contributed by atoms with Gasteiger partial charge in [-0.2, -0.15) is 4.31 Å². The first-order chi connectivity index (χ1) is 13.8. The number of nitrogens with one attached hydrogen (secondary N) is 2. The molecule has 1 aromatic rings. The van der Waals surface area contributed by atoms with Gasteiger partial charge in [-0.3, -0.25) is 14.9 Å². The molecule has 1 aliphatic rings. The predicted molar refractivity (Wildman–Crippen MR) is 107 cm³/mol. The third-order valence-electron chi connectivity index (χ3n) is 4.31. The third-order valence-corrected chi connectivity index (χ3v) is 5.88. The Bertz CT molecular complexity index is 846. The van der Waals surface area contributed by atoms with Crippen LogP contribution < -0.4 is 10.6 Å². The van der Waals surface area contributed by atoms with Crippen LogP contribution in [0.25, 0.3) is 6.08 Å². The number of rotatable bonds is 7. The van der Waals surface area contributed by atoms with Crippen molar-refractivity contribution >= 4 is 34.0 Å². The lowest BCUT2D eigenvalue weighted by Gasteiger charge is -2.29. The van der Waals surface area contributed by atoms with E-state index in [1.54, 1.807) is 19.1 Å². The summed E-state index contributed by atoms with van der Waals surface area (Å²) in [4.78, 5) is 34.9. The molecule has 0 bridgehead atoms. The zero-order valence-electron chi connectivity index (χ0n) is 16.2. The molecule has 0 saturated carbocycles. The van der Waals surface area contributed by atoms with Crippen molar-refractivity contribution < 1.29 is 27.5 Å². The minimum atomic E-state index is -3.58. The van der Waals surface area contributed by atoms with Crippen LogP contribution in [0.2, 0.25) is 0 Å². The summed E-state index contributed by atoms with van der Waals surface area (Å²) in [7, 11) is -3.58. The van der Waals surface area contributed by atoms with E-state index in [0.717, 1.165) is 11.0 Å². The van der Waals surface area contributed by atoms with E-state index in [1.165, 1.54) is 10.4 Å². The quantitative estimate of drug-likeness (QED) is 0.633. The van der Waals surface area contributed by atoms with E-state index in [4.69, 9.17) is 4.74 Å². The average Bonchev–Trinajstić information content (AvgIpc) is 2.71. The summed E-state index contributed by atoms with van der Waals surface area (Å²) in [6, 6.07) is 8.43. The number of carbonyl (C=O) groups excluding carboxylic acids is 3. The summed E-state index contributed by atoms with van der Waals surface area (Å²) in [6.45, 7) is 1.88. The number of hydrogen-bond donors (Lipinski definition) is 2. The van der Waals surface area contributed by atoms with Gasteiger partial charge in [0.1, 0.15) is 0 Å². The molecule has 1 heterocycles. The lowest BCUT2D eigenvalue weighted by molar-refractivity contribution is -0.153. The molecule has 1 aliphatic heterocycles.